The van der Waals surface area contributed by atoms with Crippen LogP contribution in [0.4, 0.5) is 0 Å². The van der Waals surface area contributed by atoms with E-state index in [4.69, 9.17) is 14.5 Å². The van der Waals surface area contributed by atoms with Crippen LogP contribution in [0.15, 0.2) is 24.3 Å². The van der Waals surface area contributed by atoms with Crippen LogP contribution in [0.25, 0.3) is 11.0 Å². The lowest BCUT2D eigenvalue weighted by Gasteiger charge is -2.27. The zero-order chi connectivity index (χ0) is 20.1. The van der Waals surface area contributed by atoms with Gasteiger partial charge in [0.25, 0.3) is 0 Å². The first-order valence-corrected chi connectivity index (χ1v) is 10.4. The number of carbonyl (C=O) groups excluding carboxylic acids is 2. The molecule has 2 aliphatic rings. The molecule has 2 aromatic rings. The van der Waals surface area contributed by atoms with Gasteiger partial charge in [-0.15, -0.1) is 0 Å². The highest BCUT2D eigenvalue weighted by atomic mass is 16.5. The summed E-state index contributed by atoms with van der Waals surface area (Å²) in [5.41, 5.74) is 1.85. The van der Waals surface area contributed by atoms with Crippen molar-refractivity contribution >= 4 is 22.8 Å². The number of hydrogen-bond acceptors (Lipinski definition) is 5. The monoisotopic (exact) mass is 400 g/mol. The minimum atomic E-state index is -0.300. The summed E-state index contributed by atoms with van der Waals surface area (Å²) in [6.45, 7) is 3.96. The largest absolute Gasteiger partial charge is 0.378 e. The van der Waals surface area contributed by atoms with Crippen molar-refractivity contribution in [2.45, 2.75) is 38.3 Å². The van der Waals surface area contributed by atoms with Gasteiger partial charge in [0.15, 0.2) is 0 Å². The van der Waals surface area contributed by atoms with Crippen LogP contribution in [-0.2, 0) is 32.0 Å². The third kappa shape index (κ3) is 4.76. The number of nitrogens with zero attached hydrogens (tertiary/aromatic N) is 3. The van der Waals surface area contributed by atoms with Crippen LogP contribution < -0.4 is 5.32 Å². The predicted molar refractivity (Wildman–Crippen MR) is 107 cm³/mol. The van der Waals surface area contributed by atoms with E-state index in [0.29, 0.717) is 45.9 Å². The van der Waals surface area contributed by atoms with E-state index in [2.05, 4.69) is 5.32 Å². The van der Waals surface area contributed by atoms with E-state index >= 15 is 0 Å². The van der Waals surface area contributed by atoms with Crippen molar-refractivity contribution in [1.82, 2.24) is 19.8 Å². The van der Waals surface area contributed by atoms with Crippen LogP contribution in [0.1, 0.15) is 25.1 Å². The number of hydrogen-bond donors (Lipinski definition) is 1. The number of carbonyl (C=O) groups is 2. The van der Waals surface area contributed by atoms with Crippen LogP contribution in [0.5, 0.6) is 0 Å². The molecule has 1 aromatic heterocycles. The van der Waals surface area contributed by atoms with Gasteiger partial charge in [-0.2, -0.15) is 0 Å². The van der Waals surface area contributed by atoms with Crippen LogP contribution in [0.2, 0.25) is 0 Å². The molecule has 8 nitrogen and oxygen atoms in total. The topological polar surface area (TPSA) is 85.7 Å². The van der Waals surface area contributed by atoms with E-state index in [1.165, 1.54) is 0 Å². The second kappa shape index (κ2) is 9.37. The molecule has 8 heteroatoms. The third-order valence-electron chi connectivity index (χ3n) is 5.49. The van der Waals surface area contributed by atoms with Gasteiger partial charge in [-0.05, 0) is 31.4 Å². The quantitative estimate of drug-likeness (QED) is 0.704. The smallest absolute Gasteiger partial charge is 0.249 e. The average Bonchev–Trinajstić information content (AvgIpc) is 3.41. The number of ether oxygens (including phenoxy) is 2. The molecule has 2 amide bonds. The number of aromatic nitrogens is 2. The van der Waals surface area contributed by atoms with Crippen molar-refractivity contribution in [2.24, 2.45) is 0 Å². The fraction of sp³-hybridized carbons (Fsp3) is 0.571. The minimum Gasteiger partial charge on any atom is -0.378 e. The van der Waals surface area contributed by atoms with Gasteiger partial charge in [0, 0.05) is 32.7 Å². The van der Waals surface area contributed by atoms with E-state index in [0.717, 1.165) is 36.1 Å². The highest BCUT2D eigenvalue weighted by Crippen LogP contribution is 2.18. The molecule has 4 rings (SSSR count). The number of rotatable bonds is 7. The number of amides is 2. The number of imidazole rings is 1. The molecule has 156 valence electrons. The Balaban J connectivity index is 1.39. The molecular formula is C21H28N4O4. The van der Waals surface area contributed by atoms with Gasteiger partial charge in [-0.1, -0.05) is 12.1 Å². The Morgan fingerprint density at radius 2 is 2.00 bits per heavy atom. The highest BCUT2D eigenvalue weighted by molar-refractivity contribution is 5.81. The van der Waals surface area contributed by atoms with Crippen LogP contribution in [-0.4, -0.2) is 71.8 Å². The summed E-state index contributed by atoms with van der Waals surface area (Å²) in [5, 5.41) is 2.95. The molecule has 0 saturated carbocycles. The maximum Gasteiger partial charge on any atom is 0.249 e. The third-order valence-corrected chi connectivity index (χ3v) is 5.49. The molecule has 3 heterocycles. The first-order valence-electron chi connectivity index (χ1n) is 10.4. The summed E-state index contributed by atoms with van der Waals surface area (Å²) >= 11 is 0. The van der Waals surface area contributed by atoms with Crippen molar-refractivity contribution in [3.05, 3.63) is 30.1 Å². The number of aryl methyl sites for hydroxylation is 1. The second-order valence-corrected chi connectivity index (χ2v) is 7.49. The van der Waals surface area contributed by atoms with Gasteiger partial charge in [0.05, 0.1) is 24.2 Å². The predicted octanol–water partition coefficient (Wildman–Crippen LogP) is 1.12. The van der Waals surface area contributed by atoms with Crippen molar-refractivity contribution in [3.63, 3.8) is 0 Å². The normalized spacial score (nSPS) is 19.6. The molecule has 1 N–H and O–H groups in total. The Kier molecular flexibility index (Phi) is 6.41. The molecule has 2 aliphatic heterocycles. The highest BCUT2D eigenvalue weighted by Gasteiger charge is 2.23. The Labute approximate surface area is 170 Å². The van der Waals surface area contributed by atoms with Gasteiger partial charge in [0.1, 0.15) is 18.5 Å². The van der Waals surface area contributed by atoms with Crippen LogP contribution in [0.3, 0.4) is 0 Å². The number of benzene rings is 1. The van der Waals surface area contributed by atoms with Gasteiger partial charge in [-0.25, -0.2) is 4.98 Å². The summed E-state index contributed by atoms with van der Waals surface area (Å²) in [6.07, 6.45) is 2.89. The average molecular weight is 400 g/mol. The molecule has 0 spiro atoms. The Morgan fingerprint density at radius 3 is 2.79 bits per heavy atom. The molecule has 1 atom stereocenters. The van der Waals surface area contributed by atoms with E-state index in [1.54, 1.807) is 0 Å². The van der Waals surface area contributed by atoms with Crippen molar-refractivity contribution in [2.75, 3.05) is 39.5 Å². The molecule has 0 bridgehead atoms. The molecule has 2 fully saturated rings. The Bertz CT molecular complexity index is 853. The first kappa shape index (κ1) is 19.8. The molecular weight excluding hydrogens is 372 g/mol. The molecule has 2 saturated heterocycles. The summed E-state index contributed by atoms with van der Waals surface area (Å²) in [4.78, 5) is 31.4. The van der Waals surface area contributed by atoms with Crippen molar-refractivity contribution < 1.29 is 19.1 Å². The first-order chi connectivity index (χ1) is 14.2. The maximum atomic E-state index is 12.8. The second-order valence-electron chi connectivity index (χ2n) is 7.49. The van der Waals surface area contributed by atoms with E-state index in [-0.39, 0.29) is 24.5 Å². The summed E-state index contributed by atoms with van der Waals surface area (Å²) in [6, 6.07) is 7.88. The zero-order valence-corrected chi connectivity index (χ0v) is 16.6. The van der Waals surface area contributed by atoms with Gasteiger partial charge < -0.3 is 24.3 Å². The van der Waals surface area contributed by atoms with Crippen LogP contribution in [0, 0.1) is 0 Å². The lowest BCUT2D eigenvalue weighted by molar-refractivity contribution is -0.135. The van der Waals surface area contributed by atoms with Crippen LogP contribution >= 0.6 is 0 Å². The number of para-hydroxylation sites is 2. The lowest BCUT2D eigenvalue weighted by Crippen LogP contribution is -2.42. The number of morpholine rings is 1. The molecule has 0 radical (unpaired) electrons. The standard InChI is InChI=1S/C21H28N4O4/c26-20(24-10-13-28-14-11-24)15-25-17-6-2-1-5-16(17)23-19(25)8-3-9-22-21(27)18-7-4-12-29-18/h1-2,5-6,18H,3-4,7-15H2,(H,22,27). The minimum absolute atomic E-state index is 0.0292. The molecule has 1 unspecified atom stereocenters. The fourth-order valence-electron chi connectivity index (χ4n) is 3.90. The van der Waals surface area contributed by atoms with Gasteiger partial charge >= 0.3 is 0 Å². The molecule has 29 heavy (non-hydrogen) atoms. The summed E-state index contributed by atoms with van der Waals surface area (Å²) in [5.74, 6) is 0.932. The fourth-order valence-corrected chi connectivity index (χ4v) is 3.90. The Hall–Kier alpha value is -2.45. The van der Waals surface area contributed by atoms with E-state index < -0.39 is 0 Å². The molecule has 0 aliphatic carbocycles. The van der Waals surface area contributed by atoms with Gasteiger partial charge in [-0.3, -0.25) is 9.59 Å². The van der Waals surface area contributed by atoms with Crippen molar-refractivity contribution in [1.29, 1.82) is 0 Å². The maximum absolute atomic E-state index is 12.8. The summed E-state index contributed by atoms with van der Waals surface area (Å²) < 4.78 is 12.8. The Morgan fingerprint density at radius 1 is 1.17 bits per heavy atom. The SMILES string of the molecule is O=C(NCCCc1nc2ccccc2n1CC(=O)N1CCOCC1)C1CCCO1. The van der Waals surface area contributed by atoms with Crippen molar-refractivity contribution in [3.8, 4) is 0 Å². The number of nitrogens with one attached hydrogen (secondary N) is 1. The lowest BCUT2D eigenvalue weighted by atomic mass is 10.2. The molecule has 1 aromatic carbocycles. The summed E-state index contributed by atoms with van der Waals surface area (Å²) in [7, 11) is 0. The van der Waals surface area contributed by atoms with E-state index in [9.17, 15) is 9.59 Å². The van der Waals surface area contributed by atoms with E-state index in [1.807, 2.05) is 33.7 Å². The zero-order valence-electron chi connectivity index (χ0n) is 16.6. The number of fused-ring (bicyclic) bond motifs is 1. The van der Waals surface area contributed by atoms with Gasteiger partial charge in [0.2, 0.25) is 11.8 Å².